The second kappa shape index (κ2) is 21.5. The molecule has 0 unspecified atom stereocenters. The summed E-state index contributed by atoms with van der Waals surface area (Å²) in [7, 11) is 0. The van der Waals surface area contributed by atoms with Crippen LogP contribution < -0.4 is 10.6 Å². The Bertz CT molecular complexity index is 1130. The molecule has 1 saturated heterocycles. The van der Waals surface area contributed by atoms with Crippen molar-refractivity contribution in [3.8, 4) is 0 Å². The van der Waals surface area contributed by atoms with Gasteiger partial charge in [0.25, 0.3) is 0 Å². The van der Waals surface area contributed by atoms with E-state index in [2.05, 4.69) is 24.5 Å². The lowest BCUT2D eigenvalue weighted by molar-refractivity contribution is -0.142. The van der Waals surface area contributed by atoms with Gasteiger partial charge in [-0.3, -0.25) is 43.6 Å². The van der Waals surface area contributed by atoms with Crippen LogP contribution >= 0.6 is 0 Å². The molecule has 17 nitrogen and oxygen atoms in total. The van der Waals surface area contributed by atoms with E-state index in [9.17, 15) is 54.0 Å². The molecular weight excluding hydrogens is 656 g/mol. The number of carbonyl (C=O) groups excluding carboxylic acids is 3. The van der Waals surface area contributed by atoms with Gasteiger partial charge in [0, 0.05) is 70.7 Å². The van der Waals surface area contributed by atoms with Gasteiger partial charge in [-0.1, -0.05) is 13.8 Å². The smallest absolute Gasteiger partial charge is 0.326 e. The molecule has 2 fully saturated rings. The van der Waals surface area contributed by atoms with Gasteiger partial charge >= 0.3 is 23.9 Å². The van der Waals surface area contributed by atoms with E-state index >= 15 is 0 Å². The molecule has 1 saturated carbocycles. The second-order valence-electron chi connectivity index (χ2n) is 14.1. The third-order valence-corrected chi connectivity index (χ3v) is 9.42. The number of amides is 2. The topological polar surface area (TPSA) is 237 Å². The summed E-state index contributed by atoms with van der Waals surface area (Å²) in [6, 6.07) is -1.33. The van der Waals surface area contributed by atoms with Crippen molar-refractivity contribution >= 4 is 42.0 Å². The van der Waals surface area contributed by atoms with Crippen LogP contribution in [0.25, 0.3) is 0 Å². The van der Waals surface area contributed by atoms with Crippen LogP contribution in [0.5, 0.6) is 0 Å². The molecule has 1 aliphatic heterocycles. The van der Waals surface area contributed by atoms with Crippen LogP contribution in [0.1, 0.15) is 58.8 Å². The van der Waals surface area contributed by atoms with Crippen molar-refractivity contribution in [1.82, 2.24) is 30.2 Å². The Morgan fingerprint density at radius 3 is 1.48 bits per heavy atom. The number of hydrogen-bond donors (Lipinski definition) is 6. The summed E-state index contributed by atoms with van der Waals surface area (Å²) in [6.45, 7) is 5.19. The maximum Gasteiger partial charge on any atom is 0.326 e. The maximum absolute atomic E-state index is 13.1. The molecular formula is C33H56N6O11. The number of carbonyl (C=O) groups is 7. The molecule has 0 radical (unpaired) electrons. The van der Waals surface area contributed by atoms with Crippen molar-refractivity contribution in [2.75, 3.05) is 85.1 Å². The van der Waals surface area contributed by atoms with Gasteiger partial charge in [0.2, 0.25) is 11.8 Å². The average molecular weight is 713 g/mol. The van der Waals surface area contributed by atoms with Crippen molar-refractivity contribution in [2.45, 2.75) is 64.8 Å². The van der Waals surface area contributed by atoms with E-state index in [-0.39, 0.29) is 109 Å². The molecule has 50 heavy (non-hydrogen) atoms. The zero-order chi connectivity index (χ0) is 37.3. The third-order valence-electron chi connectivity index (χ3n) is 9.42. The Morgan fingerprint density at radius 2 is 1.12 bits per heavy atom. The first-order valence-electron chi connectivity index (χ1n) is 17.4. The highest BCUT2D eigenvalue weighted by atomic mass is 16.4. The summed E-state index contributed by atoms with van der Waals surface area (Å²) >= 11 is 0. The molecule has 2 aliphatic rings. The zero-order valence-corrected chi connectivity index (χ0v) is 29.4. The van der Waals surface area contributed by atoms with Gasteiger partial charge < -0.3 is 35.9 Å². The van der Waals surface area contributed by atoms with Crippen molar-refractivity contribution in [3.63, 3.8) is 0 Å². The number of nitrogens with one attached hydrogen (secondary N) is 2. The number of nitrogens with zero attached hydrogens (tertiary/aromatic N) is 4. The molecule has 17 heteroatoms. The third kappa shape index (κ3) is 16.8. The van der Waals surface area contributed by atoms with Gasteiger partial charge in [0.05, 0.1) is 26.2 Å². The molecule has 0 aromatic carbocycles. The van der Waals surface area contributed by atoms with Crippen LogP contribution in [-0.2, 0) is 33.6 Å². The highest BCUT2D eigenvalue weighted by molar-refractivity contribution is 5.85. The number of hydrogen-bond acceptors (Lipinski definition) is 11. The maximum atomic E-state index is 13.1. The lowest BCUT2D eigenvalue weighted by atomic mass is 9.67. The minimum absolute atomic E-state index is 0.119. The first-order chi connectivity index (χ1) is 23.6. The van der Waals surface area contributed by atoms with Gasteiger partial charge in [-0.15, -0.1) is 0 Å². The Hall–Kier alpha value is -3.67. The minimum atomic E-state index is -1.33. The monoisotopic (exact) mass is 712 g/mol. The van der Waals surface area contributed by atoms with Gasteiger partial charge in [-0.2, -0.15) is 0 Å². The summed E-state index contributed by atoms with van der Waals surface area (Å²) in [5.74, 6) is -4.81. The van der Waals surface area contributed by atoms with Crippen LogP contribution in [-0.4, -0.2) is 173 Å². The molecule has 1 atom stereocenters. The van der Waals surface area contributed by atoms with Crippen molar-refractivity contribution in [3.05, 3.63) is 0 Å². The van der Waals surface area contributed by atoms with Gasteiger partial charge in [-0.05, 0) is 50.4 Å². The lowest BCUT2D eigenvalue weighted by Gasteiger charge is -2.37. The minimum Gasteiger partial charge on any atom is -0.480 e. The van der Waals surface area contributed by atoms with E-state index in [0.717, 1.165) is 38.4 Å². The van der Waals surface area contributed by atoms with Crippen LogP contribution in [0.15, 0.2) is 0 Å². The van der Waals surface area contributed by atoms with Gasteiger partial charge in [0.1, 0.15) is 12.3 Å². The molecule has 0 aromatic heterocycles. The highest BCUT2D eigenvalue weighted by Gasteiger charge is 2.35. The largest absolute Gasteiger partial charge is 0.480 e. The molecule has 1 heterocycles. The first-order valence-corrected chi connectivity index (χ1v) is 17.4. The fourth-order valence-electron chi connectivity index (χ4n) is 6.75. The SMILES string of the molecule is CC(C)CC1(C=O)CCC(CNC(=O)CC[C@@H](NC(=O)CN2CCN(CC(=O)O)CCN(CC(=O)O)CCN(CC(=O)O)CC2)C(=O)O)CC1. The Kier molecular flexibility index (Phi) is 18.3. The van der Waals surface area contributed by atoms with Gasteiger partial charge in [-0.25, -0.2) is 4.79 Å². The normalized spacial score (nSPS) is 22.8. The number of rotatable bonds is 18. The molecule has 0 spiro atoms. The predicted molar refractivity (Wildman–Crippen MR) is 180 cm³/mol. The van der Waals surface area contributed by atoms with Crippen molar-refractivity contribution in [2.24, 2.45) is 17.3 Å². The number of aliphatic carboxylic acids is 4. The van der Waals surface area contributed by atoms with Gasteiger partial charge in [0.15, 0.2) is 0 Å². The Balaban J connectivity index is 1.96. The van der Waals surface area contributed by atoms with E-state index in [4.69, 9.17) is 0 Å². The molecule has 2 rings (SSSR count). The Labute approximate surface area is 293 Å². The second-order valence-corrected chi connectivity index (χ2v) is 14.1. The number of carboxylic acid groups (broad SMARTS) is 4. The van der Waals surface area contributed by atoms with E-state index in [1.54, 1.807) is 19.6 Å². The summed E-state index contributed by atoms with van der Waals surface area (Å²) in [4.78, 5) is 90.4. The first kappa shape index (κ1) is 42.5. The number of aldehydes is 1. The molecule has 6 N–H and O–H groups in total. The summed E-state index contributed by atoms with van der Waals surface area (Å²) in [5.41, 5.74) is -0.299. The fourth-order valence-corrected chi connectivity index (χ4v) is 6.75. The standard InChI is InChI=1S/C33H56N6O11/c1-24(2)17-33(23-40)7-5-25(6-8-33)18-34-27(41)4-3-26(32(49)50)35-28(42)19-36-9-11-37(20-29(43)44)13-15-39(22-31(47)48)16-14-38(12-10-36)21-30(45)46/h23-26H,3-22H2,1-2H3,(H,34,41)(H,35,42)(H,43,44)(H,45,46)(H,47,48)(H,49,50)/t25?,26-,33?/m1/s1. The van der Waals surface area contributed by atoms with Crippen LogP contribution in [0.2, 0.25) is 0 Å². The molecule has 1 aliphatic carbocycles. The van der Waals surface area contributed by atoms with E-state index < -0.39 is 35.8 Å². The molecule has 0 aromatic rings. The van der Waals surface area contributed by atoms with Crippen molar-refractivity contribution < 1.29 is 54.0 Å². The van der Waals surface area contributed by atoms with E-state index in [1.807, 2.05) is 0 Å². The van der Waals surface area contributed by atoms with Crippen LogP contribution in [0.4, 0.5) is 0 Å². The predicted octanol–water partition coefficient (Wildman–Crippen LogP) is -0.651. The van der Waals surface area contributed by atoms with Crippen LogP contribution in [0, 0.1) is 17.3 Å². The molecule has 2 amide bonds. The van der Waals surface area contributed by atoms with Crippen molar-refractivity contribution in [1.29, 1.82) is 0 Å². The van der Waals surface area contributed by atoms with E-state index in [1.165, 1.54) is 0 Å². The summed E-state index contributed by atoms with van der Waals surface area (Å²) in [6.07, 6.45) is 4.88. The Morgan fingerprint density at radius 1 is 0.700 bits per heavy atom. The van der Waals surface area contributed by atoms with Crippen LogP contribution in [0.3, 0.4) is 0 Å². The summed E-state index contributed by atoms with van der Waals surface area (Å²) < 4.78 is 0. The zero-order valence-electron chi connectivity index (χ0n) is 29.4. The average Bonchev–Trinajstić information content (AvgIpc) is 3.02. The highest BCUT2D eigenvalue weighted by Crippen LogP contribution is 2.41. The summed E-state index contributed by atoms with van der Waals surface area (Å²) in [5, 5.41) is 43.2. The number of carboxylic acids is 4. The fraction of sp³-hybridized carbons (Fsp3) is 0.788. The van der Waals surface area contributed by atoms with E-state index in [0.29, 0.717) is 12.5 Å². The lowest BCUT2D eigenvalue weighted by Crippen LogP contribution is -2.51. The quantitative estimate of drug-likeness (QED) is 0.0969. The molecule has 0 bridgehead atoms. The molecule has 284 valence electrons.